The molecule has 0 radical (unpaired) electrons. The zero-order chi connectivity index (χ0) is 47.8. The fourth-order valence-corrected chi connectivity index (χ4v) is 7.18. The van der Waals surface area contributed by atoms with Crippen LogP contribution < -0.4 is 0 Å². The Kier molecular flexibility index (Phi) is 43.9. The maximum absolute atomic E-state index is 12.7. The molecule has 0 rings (SSSR count). The summed E-state index contributed by atoms with van der Waals surface area (Å²) in [6.07, 6.45) is 62.0. The minimum absolute atomic E-state index is 0.0262. The van der Waals surface area contributed by atoms with Gasteiger partial charge in [-0.15, -0.1) is 0 Å². The second kappa shape index (κ2) is 46.1. The number of carbonyl (C=O) groups excluding carboxylic acids is 2. The standard InChI is InChI=1S/C55H94NO8P/c1-6-8-10-12-14-16-17-18-19-20-21-22-23-24-25-26-27-28-29-30-31-32-33-34-35-36-37-38-39-40-42-44-46-48-55(58)64-53(52-63-65(59,60)62-50-49-56(3,4)5)51-61-54(57)47-45-43-41-15-13-11-9-7-2/h8,10,14,16,18-19,21-22,24-25,27-28,30-31,33-34,53H,6-7,9,11-13,15,17,20,23,26,29,32,35-52H2,1-5H3/p+1/b10-8-,16-14-,19-18-,22-21-,25-24-,28-27-,31-30-,34-33-. The highest BCUT2D eigenvalue weighted by Crippen LogP contribution is 2.43. The van der Waals surface area contributed by atoms with Gasteiger partial charge in [-0.05, 0) is 77.0 Å². The predicted molar refractivity (Wildman–Crippen MR) is 275 cm³/mol. The van der Waals surface area contributed by atoms with Crippen molar-refractivity contribution in [1.29, 1.82) is 0 Å². The number of hydrogen-bond donors (Lipinski definition) is 1. The van der Waals surface area contributed by atoms with Crippen LogP contribution in [0.2, 0.25) is 0 Å². The number of likely N-dealkylation sites (N-methyl/N-ethyl adjacent to an activating group) is 1. The molecule has 0 aliphatic heterocycles. The average molecular weight is 929 g/mol. The fraction of sp³-hybridized carbons (Fsp3) is 0.673. The van der Waals surface area contributed by atoms with Crippen molar-refractivity contribution in [3.63, 3.8) is 0 Å². The largest absolute Gasteiger partial charge is 0.472 e. The third-order valence-corrected chi connectivity index (χ3v) is 11.4. The van der Waals surface area contributed by atoms with Gasteiger partial charge in [-0.3, -0.25) is 18.6 Å². The van der Waals surface area contributed by atoms with Gasteiger partial charge in [-0.2, -0.15) is 0 Å². The number of rotatable bonds is 45. The number of esters is 2. The van der Waals surface area contributed by atoms with Crippen molar-refractivity contribution < 1.29 is 42.1 Å². The lowest BCUT2D eigenvalue weighted by atomic mass is 10.1. The van der Waals surface area contributed by atoms with Crippen molar-refractivity contribution in [2.75, 3.05) is 47.5 Å². The molecular weight excluding hydrogens is 834 g/mol. The number of allylic oxidation sites excluding steroid dienone is 16. The molecule has 0 saturated carbocycles. The number of hydrogen-bond acceptors (Lipinski definition) is 7. The Morgan fingerprint density at radius 1 is 0.492 bits per heavy atom. The van der Waals surface area contributed by atoms with E-state index in [0.29, 0.717) is 17.4 Å². The van der Waals surface area contributed by atoms with Crippen LogP contribution >= 0.6 is 7.82 Å². The quantitative estimate of drug-likeness (QED) is 0.0211. The highest BCUT2D eigenvalue weighted by molar-refractivity contribution is 7.47. The van der Waals surface area contributed by atoms with E-state index in [1.165, 1.54) is 57.8 Å². The summed E-state index contributed by atoms with van der Waals surface area (Å²) in [5.41, 5.74) is 0. The third kappa shape index (κ3) is 50.2. The van der Waals surface area contributed by atoms with Crippen molar-refractivity contribution >= 4 is 19.8 Å². The first-order valence-corrected chi connectivity index (χ1v) is 27.0. The molecule has 0 heterocycles. The summed E-state index contributed by atoms with van der Waals surface area (Å²) >= 11 is 0. The van der Waals surface area contributed by atoms with Gasteiger partial charge >= 0.3 is 19.8 Å². The first-order chi connectivity index (χ1) is 31.5. The van der Waals surface area contributed by atoms with E-state index in [1.807, 2.05) is 21.1 Å². The van der Waals surface area contributed by atoms with E-state index in [4.69, 9.17) is 18.5 Å². The maximum Gasteiger partial charge on any atom is 0.472 e. The third-order valence-electron chi connectivity index (χ3n) is 10.4. The van der Waals surface area contributed by atoms with Gasteiger partial charge in [0.1, 0.15) is 19.8 Å². The molecule has 1 N–H and O–H groups in total. The lowest BCUT2D eigenvalue weighted by molar-refractivity contribution is -0.870. The minimum Gasteiger partial charge on any atom is -0.462 e. The molecule has 0 bridgehead atoms. The highest BCUT2D eigenvalue weighted by atomic mass is 31.2. The average Bonchev–Trinajstić information content (AvgIpc) is 3.26. The summed E-state index contributed by atoms with van der Waals surface area (Å²) in [4.78, 5) is 35.3. The molecule has 65 heavy (non-hydrogen) atoms. The van der Waals surface area contributed by atoms with Crippen LogP contribution in [0.25, 0.3) is 0 Å². The SMILES string of the molecule is CC/C=C\C/C=C\C/C=C\C/C=C\C/C=C\C/C=C\C/C=C\C/C=C\CCCCCCCCCCC(=O)OC(COC(=O)CCCCCCCCCC)COP(=O)(O)OCC[N+](C)(C)C. The molecule has 2 unspecified atom stereocenters. The molecule has 10 heteroatoms. The molecule has 9 nitrogen and oxygen atoms in total. The van der Waals surface area contributed by atoms with Gasteiger partial charge in [0, 0.05) is 12.8 Å². The summed E-state index contributed by atoms with van der Waals surface area (Å²) in [5, 5.41) is 0. The summed E-state index contributed by atoms with van der Waals surface area (Å²) in [5.74, 6) is -0.818. The summed E-state index contributed by atoms with van der Waals surface area (Å²) in [7, 11) is 1.46. The Labute approximate surface area is 398 Å². The van der Waals surface area contributed by atoms with Crippen LogP contribution in [0, 0.1) is 0 Å². The summed E-state index contributed by atoms with van der Waals surface area (Å²) in [6, 6.07) is 0. The number of carbonyl (C=O) groups is 2. The Balaban J connectivity index is 4.12. The molecule has 0 aliphatic rings. The highest BCUT2D eigenvalue weighted by Gasteiger charge is 2.27. The molecule has 0 saturated heterocycles. The predicted octanol–water partition coefficient (Wildman–Crippen LogP) is 15.3. The van der Waals surface area contributed by atoms with Gasteiger partial charge in [0.05, 0.1) is 27.7 Å². The lowest BCUT2D eigenvalue weighted by Crippen LogP contribution is -2.37. The zero-order valence-corrected chi connectivity index (χ0v) is 42.8. The molecule has 0 aromatic heterocycles. The van der Waals surface area contributed by atoms with E-state index in [-0.39, 0.29) is 32.0 Å². The van der Waals surface area contributed by atoms with Gasteiger partial charge in [-0.25, -0.2) is 4.57 Å². The lowest BCUT2D eigenvalue weighted by Gasteiger charge is -2.24. The van der Waals surface area contributed by atoms with Gasteiger partial charge in [0.25, 0.3) is 0 Å². The maximum atomic E-state index is 12.7. The van der Waals surface area contributed by atoms with Crippen molar-refractivity contribution in [2.45, 2.75) is 193 Å². The van der Waals surface area contributed by atoms with Crippen LogP contribution in [0.1, 0.15) is 187 Å². The summed E-state index contributed by atoms with van der Waals surface area (Å²) < 4.78 is 34.3. The van der Waals surface area contributed by atoms with Gasteiger partial charge in [0.15, 0.2) is 6.10 Å². The van der Waals surface area contributed by atoms with E-state index >= 15 is 0 Å². The number of ether oxygens (including phenoxy) is 2. The van der Waals surface area contributed by atoms with Crippen molar-refractivity contribution in [2.24, 2.45) is 0 Å². The number of quaternary nitrogens is 1. The van der Waals surface area contributed by atoms with Crippen LogP contribution in [0.15, 0.2) is 97.2 Å². The minimum atomic E-state index is -4.38. The molecule has 0 fully saturated rings. The Bertz CT molecular complexity index is 1420. The topological polar surface area (TPSA) is 108 Å². The molecule has 0 spiro atoms. The first-order valence-electron chi connectivity index (χ1n) is 25.5. The van der Waals surface area contributed by atoms with Gasteiger partial charge < -0.3 is 18.9 Å². The Morgan fingerprint density at radius 3 is 1.31 bits per heavy atom. The smallest absolute Gasteiger partial charge is 0.462 e. The summed E-state index contributed by atoms with van der Waals surface area (Å²) in [6.45, 7) is 4.25. The zero-order valence-electron chi connectivity index (χ0n) is 41.9. The first kappa shape index (κ1) is 61.9. The second-order valence-corrected chi connectivity index (χ2v) is 19.3. The molecule has 0 amide bonds. The van der Waals surface area contributed by atoms with E-state index in [2.05, 4.69) is 111 Å². The van der Waals surface area contributed by atoms with Crippen molar-refractivity contribution in [1.82, 2.24) is 0 Å². The Morgan fingerprint density at radius 2 is 0.877 bits per heavy atom. The number of nitrogens with zero attached hydrogens (tertiary/aromatic N) is 1. The molecule has 0 aromatic rings. The number of phosphoric acid groups is 1. The van der Waals surface area contributed by atoms with E-state index in [1.54, 1.807) is 0 Å². The van der Waals surface area contributed by atoms with E-state index in [0.717, 1.165) is 96.3 Å². The molecule has 0 aromatic carbocycles. The van der Waals surface area contributed by atoms with Crippen molar-refractivity contribution in [3.8, 4) is 0 Å². The molecule has 0 aliphatic carbocycles. The fourth-order valence-electron chi connectivity index (χ4n) is 6.44. The monoisotopic (exact) mass is 929 g/mol. The van der Waals surface area contributed by atoms with E-state index < -0.39 is 26.5 Å². The van der Waals surface area contributed by atoms with Crippen LogP contribution in [0.4, 0.5) is 0 Å². The normalized spacial score (nSPS) is 14.2. The van der Waals surface area contributed by atoms with E-state index in [9.17, 15) is 19.0 Å². The Hall–Kier alpha value is -3.07. The van der Waals surface area contributed by atoms with Gasteiger partial charge in [0.2, 0.25) is 0 Å². The van der Waals surface area contributed by atoms with Crippen LogP contribution in [-0.2, 0) is 32.7 Å². The molecule has 2 atom stereocenters. The van der Waals surface area contributed by atoms with Gasteiger partial charge in [-0.1, -0.05) is 195 Å². The second-order valence-electron chi connectivity index (χ2n) is 17.8. The molecular formula is C55H95NO8P+. The van der Waals surface area contributed by atoms with Crippen LogP contribution in [0.3, 0.4) is 0 Å². The number of unbranched alkanes of at least 4 members (excludes halogenated alkanes) is 15. The van der Waals surface area contributed by atoms with Crippen LogP contribution in [-0.4, -0.2) is 74.9 Å². The molecule has 372 valence electrons. The number of phosphoric ester groups is 1. The van der Waals surface area contributed by atoms with Crippen LogP contribution in [0.5, 0.6) is 0 Å². The van der Waals surface area contributed by atoms with Crippen molar-refractivity contribution in [3.05, 3.63) is 97.2 Å².